The van der Waals surface area contributed by atoms with Crippen LogP contribution in [0.15, 0.2) is 72.8 Å². The number of carbonyl (C=O) groups excluding carboxylic acids is 3. The Balaban J connectivity index is 1.36. The van der Waals surface area contributed by atoms with Crippen molar-refractivity contribution in [2.45, 2.75) is 38.9 Å². The Hall–Kier alpha value is -4.13. The molecule has 2 aliphatic rings. The van der Waals surface area contributed by atoms with Crippen LogP contribution in [-0.4, -0.2) is 41.8 Å². The maximum atomic E-state index is 13.5. The van der Waals surface area contributed by atoms with Gasteiger partial charge in [-0.25, -0.2) is 0 Å². The van der Waals surface area contributed by atoms with E-state index >= 15 is 0 Å². The summed E-state index contributed by atoms with van der Waals surface area (Å²) in [6.07, 6.45) is 1.49. The minimum atomic E-state index is -0.443. The molecular weight excluding hydrogens is 454 g/mol. The van der Waals surface area contributed by atoms with Gasteiger partial charge in [0, 0.05) is 24.2 Å². The zero-order valence-corrected chi connectivity index (χ0v) is 20.3. The maximum absolute atomic E-state index is 13.5. The molecule has 5 rings (SSSR count). The number of amides is 3. The second-order valence-electron chi connectivity index (χ2n) is 9.02. The van der Waals surface area contributed by atoms with Crippen molar-refractivity contribution in [2.75, 3.05) is 18.1 Å². The number of nitrogens with zero attached hydrogens (tertiary/aromatic N) is 2. The Labute approximate surface area is 210 Å². The molecule has 3 aromatic carbocycles. The molecule has 3 aromatic rings. The van der Waals surface area contributed by atoms with Gasteiger partial charge in [-0.15, -0.1) is 0 Å². The highest BCUT2D eigenvalue weighted by atomic mass is 16.5. The molecule has 0 aromatic heterocycles. The van der Waals surface area contributed by atoms with Crippen molar-refractivity contribution in [1.82, 2.24) is 10.2 Å². The lowest BCUT2D eigenvalue weighted by atomic mass is 10.1. The van der Waals surface area contributed by atoms with E-state index in [0.29, 0.717) is 42.9 Å². The molecule has 0 radical (unpaired) electrons. The quantitative estimate of drug-likeness (QED) is 0.547. The van der Waals surface area contributed by atoms with Crippen LogP contribution in [0.25, 0.3) is 0 Å². The molecule has 1 N–H and O–H groups in total. The van der Waals surface area contributed by atoms with Crippen LogP contribution in [0.2, 0.25) is 0 Å². The predicted molar refractivity (Wildman–Crippen MR) is 137 cm³/mol. The number of carbonyl (C=O) groups is 3. The molecule has 1 atom stereocenters. The molecule has 7 heteroatoms. The third-order valence-corrected chi connectivity index (χ3v) is 6.73. The number of fused-ring (bicyclic) bond motifs is 2. The van der Waals surface area contributed by atoms with Gasteiger partial charge in [-0.3, -0.25) is 14.4 Å². The van der Waals surface area contributed by atoms with E-state index in [1.807, 2.05) is 61.5 Å². The van der Waals surface area contributed by atoms with E-state index < -0.39 is 6.04 Å². The molecule has 36 heavy (non-hydrogen) atoms. The summed E-state index contributed by atoms with van der Waals surface area (Å²) < 4.78 is 5.65. The molecule has 3 amide bonds. The van der Waals surface area contributed by atoms with Crippen LogP contribution in [-0.2, 0) is 17.9 Å². The summed E-state index contributed by atoms with van der Waals surface area (Å²) in [5, 5.41) is 2.96. The number of hydrogen-bond acceptors (Lipinski definition) is 4. The van der Waals surface area contributed by atoms with Gasteiger partial charge in [-0.05, 0) is 55.7 Å². The molecule has 0 spiro atoms. The highest BCUT2D eigenvalue weighted by molar-refractivity contribution is 6.11. The van der Waals surface area contributed by atoms with Gasteiger partial charge in [-0.2, -0.15) is 0 Å². The molecule has 1 fully saturated rings. The van der Waals surface area contributed by atoms with Crippen molar-refractivity contribution in [3.05, 3.63) is 95.1 Å². The minimum Gasteiger partial charge on any atom is -0.494 e. The fraction of sp³-hybridized carbons (Fsp3) is 0.276. The van der Waals surface area contributed by atoms with Crippen LogP contribution in [0.3, 0.4) is 0 Å². The summed E-state index contributed by atoms with van der Waals surface area (Å²) in [6.45, 7) is 3.70. The molecule has 1 unspecified atom stereocenters. The van der Waals surface area contributed by atoms with Crippen LogP contribution < -0.4 is 15.0 Å². The molecule has 0 aliphatic carbocycles. The third kappa shape index (κ3) is 4.56. The zero-order valence-electron chi connectivity index (χ0n) is 20.3. The summed E-state index contributed by atoms with van der Waals surface area (Å²) in [5.74, 6) is 0.378. The van der Waals surface area contributed by atoms with Gasteiger partial charge in [0.1, 0.15) is 11.8 Å². The van der Waals surface area contributed by atoms with Gasteiger partial charge in [0.25, 0.3) is 11.8 Å². The van der Waals surface area contributed by atoms with E-state index in [1.165, 1.54) is 0 Å². The molecule has 0 bridgehead atoms. The summed E-state index contributed by atoms with van der Waals surface area (Å²) in [6, 6.07) is 21.7. The Kier molecular flexibility index (Phi) is 6.71. The summed E-state index contributed by atoms with van der Waals surface area (Å²) in [7, 11) is 0. The van der Waals surface area contributed by atoms with E-state index in [2.05, 4.69) is 5.32 Å². The summed E-state index contributed by atoms with van der Waals surface area (Å²) >= 11 is 0. The number of benzene rings is 3. The first-order valence-electron chi connectivity index (χ1n) is 12.4. The summed E-state index contributed by atoms with van der Waals surface area (Å²) in [5.41, 5.74) is 3.39. The van der Waals surface area contributed by atoms with E-state index in [1.54, 1.807) is 28.0 Å². The lowest BCUT2D eigenvalue weighted by Crippen LogP contribution is -2.44. The number of nitrogens with one attached hydrogen (secondary N) is 1. The second kappa shape index (κ2) is 10.2. The number of hydrogen-bond donors (Lipinski definition) is 1. The van der Waals surface area contributed by atoms with Crippen LogP contribution in [0.4, 0.5) is 5.69 Å². The second-order valence-corrected chi connectivity index (χ2v) is 9.02. The largest absolute Gasteiger partial charge is 0.494 e. The van der Waals surface area contributed by atoms with Crippen LogP contribution >= 0.6 is 0 Å². The fourth-order valence-corrected chi connectivity index (χ4v) is 4.99. The Morgan fingerprint density at radius 1 is 1.03 bits per heavy atom. The van der Waals surface area contributed by atoms with Crippen molar-refractivity contribution in [3.8, 4) is 5.75 Å². The molecule has 0 saturated carbocycles. The Morgan fingerprint density at radius 3 is 2.69 bits per heavy atom. The first-order chi connectivity index (χ1) is 17.6. The minimum absolute atomic E-state index is 0.0758. The van der Waals surface area contributed by atoms with Crippen LogP contribution in [0.1, 0.15) is 51.6 Å². The van der Waals surface area contributed by atoms with Gasteiger partial charge in [0.2, 0.25) is 5.91 Å². The van der Waals surface area contributed by atoms with Gasteiger partial charge in [-0.1, -0.05) is 42.5 Å². The number of ether oxygens (including phenoxy) is 1. The van der Waals surface area contributed by atoms with E-state index in [4.69, 9.17) is 4.74 Å². The van der Waals surface area contributed by atoms with Gasteiger partial charge < -0.3 is 19.9 Å². The normalized spacial score (nSPS) is 16.9. The third-order valence-electron chi connectivity index (χ3n) is 6.73. The lowest BCUT2D eigenvalue weighted by Gasteiger charge is -2.26. The first kappa shape index (κ1) is 23.6. The standard InChI is InChI=1S/C29H29N3O4/c1-2-36-26-15-6-3-10-22(26)18-30-27(33)21-11-7-9-20(17-21)19-32-24-13-5-4-12-23(24)28(34)31-16-8-14-25(31)29(32)35/h3-7,9-13,15,17,25H,2,8,14,16,18-19H2,1H3,(H,30,33). The van der Waals surface area contributed by atoms with Gasteiger partial charge in [0.15, 0.2) is 0 Å². The molecule has 1 saturated heterocycles. The topological polar surface area (TPSA) is 79.0 Å². The van der Waals surface area contributed by atoms with Gasteiger partial charge >= 0.3 is 0 Å². The average molecular weight is 484 g/mol. The van der Waals surface area contributed by atoms with Crippen molar-refractivity contribution >= 4 is 23.4 Å². The van der Waals surface area contributed by atoms with Crippen molar-refractivity contribution < 1.29 is 19.1 Å². The first-order valence-corrected chi connectivity index (χ1v) is 12.4. The molecule has 184 valence electrons. The van der Waals surface area contributed by atoms with E-state index in [0.717, 1.165) is 23.3 Å². The molecule has 7 nitrogen and oxygen atoms in total. The predicted octanol–water partition coefficient (Wildman–Crippen LogP) is 4.17. The smallest absolute Gasteiger partial charge is 0.256 e. The van der Waals surface area contributed by atoms with Crippen LogP contribution in [0.5, 0.6) is 5.75 Å². The molecule has 2 heterocycles. The van der Waals surface area contributed by atoms with Crippen LogP contribution in [0, 0.1) is 0 Å². The highest BCUT2D eigenvalue weighted by Crippen LogP contribution is 2.33. The van der Waals surface area contributed by atoms with Gasteiger partial charge in [0.05, 0.1) is 24.4 Å². The Morgan fingerprint density at radius 2 is 1.83 bits per heavy atom. The maximum Gasteiger partial charge on any atom is 0.256 e. The molecular formula is C29H29N3O4. The van der Waals surface area contributed by atoms with Crippen molar-refractivity contribution in [2.24, 2.45) is 0 Å². The lowest BCUT2D eigenvalue weighted by molar-refractivity contribution is -0.122. The van der Waals surface area contributed by atoms with Crippen molar-refractivity contribution in [3.63, 3.8) is 0 Å². The average Bonchev–Trinajstić information content (AvgIpc) is 3.38. The summed E-state index contributed by atoms with van der Waals surface area (Å²) in [4.78, 5) is 43.0. The SMILES string of the molecule is CCOc1ccccc1CNC(=O)c1cccc(CN2C(=O)C3CCCN3C(=O)c3ccccc32)c1. The number of rotatable bonds is 7. The zero-order chi connectivity index (χ0) is 25.1. The molecule has 2 aliphatic heterocycles. The number of anilines is 1. The Bertz CT molecular complexity index is 1300. The van der Waals surface area contributed by atoms with Crippen molar-refractivity contribution in [1.29, 1.82) is 0 Å². The number of para-hydroxylation sites is 2. The van der Waals surface area contributed by atoms with E-state index in [9.17, 15) is 14.4 Å². The van der Waals surface area contributed by atoms with E-state index in [-0.39, 0.29) is 24.3 Å². The fourth-order valence-electron chi connectivity index (χ4n) is 4.99. The monoisotopic (exact) mass is 483 g/mol. The highest BCUT2D eigenvalue weighted by Gasteiger charge is 2.41.